The second-order valence-corrected chi connectivity index (χ2v) is 7.14. The molecule has 1 aliphatic carbocycles. The number of aromatic nitrogens is 1. The fourth-order valence-corrected chi connectivity index (χ4v) is 4.05. The SMILES string of the molecule is CCC(CO)N1CCN(Cc2cnc(C3CC3)s2)CC1. The number of piperazine rings is 1. The van der Waals surface area contributed by atoms with Crippen LogP contribution in [0.5, 0.6) is 0 Å². The smallest absolute Gasteiger partial charge is 0.0959 e. The van der Waals surface area contributed by atoms with Crippen molar-refractivity contribution in [2.75, 3.05) is 32.8 Å². The molecule has 5 heteroatoms. The molecule has 3 rings (SSSR count). The van der Waals surface area contributed by atoms with Crippen LogP contribution < -0.4 is 0 Å². The number of aliphatic hydroxyl groups is 1. The van der Waals surface area contributed by atoms with Crippen LogP contribution in [0.25, 0.3) is 0 Å². The Hall–Kier alpha value is -0.490. The maximum Gasteiger partial charge on any atom is 0.0959 e. The van der Waals surface area contributed by atoms with Crippen molar-refractivity contribution in [1.29, 1.82) is 0 Å². The predicted molar refractivity (Wildman–Crippen MR) is 82.1 cm³/mol. The molecule has 0 radical (unpaired) electrons. The van der Waals surface area contributed by atoms with Crippen molar-refractivity contribution in [3.05, 3.63) is 16.1 Å². The van der Waals surface area contributed by atoms with E-state index in [1.165, 1.54) is 22.7 Å². The molecule has 1 saturated carbocycles. The summed E-state index contributed by atoms with van der Waals surface area (Å²) < 4.78 is 0. The van der Waals surface area contributed by atoms with E-state index in [0.29, 0.717) is 6.04 Å². The maximum absolute atomic E-state index is 9.38. The Bertz CT molecular complexity index is 421. The first-order valence-corrected chi connectivity index (χ1v) is 8.63. The normalized spacial score (nSPS) is 23.1. The van der Waals surface area contributed by atoms with E-state index in [2.05, 4.69) is 27.9 Å². The van der Waals surface area contributed by atoms with E-state index in [9.17, 15) is 5.11 Å². The molecule has 0 spiro atoms. The molecular formula is C15H25N3OS. The highest BCUT2D eigenvalue weighted by molar-refractivity contribution is 7.11. The Morgan fingerprint density at radius 3 is 2.70 bits per heavy atom. The standard InChI is InChI=1S/C15H25N3OS/c1-2-13(11-19)18-7-5-17(6-8-18)10-14-9-16-15(20-14)12-3-4-12/h9,12-13,19H,2-8,10-11H2,1H3. The highest BCUT2D eigenvalue weighted by Gasteiger charge is 2.27. The van der Waals surface area contributed by atoms with Crippen molar-refractivity contribution < 1.29 is 5.11 Å². The number of aliphatic hydroxyl groups excluding tert-OH is 1. The van der Waals surface area contributed by atoms with E-state index in [4.69, 9.17) is 0 Å². The van der Waals surface area contributed by atoms with E-state index in [1.807, 2.05) is 11.3 Å². The molecule has 4 nitrogen and oxygen atoms in total. The summed E-state index contributed by atoms with van der Waals surface area (Å²) in [5, 5.41) is 10.7. The Morgan fingerprint density at radius 1 is 1.35 bits per heavy atom. The number of thiazole rings is 1. The van der Waals surface area contributed by atoms with Gasteiger partial charge in [0.15, 0.2) is 0 Å². The first-order valence-electron chi connectivity index (χ1n) is 7.82. The van der Waals surface area contributed by atoms with Crippen LogP contribution in [0.2, 0.25) is 0 Å². The van der Waals surface area contributed by atoms with E-state index in [-0.39, 0.29) is 6.61 Å². The molecule has 0 amide bonds. The van der Waals surface area contributed by atoms with Crippen LogP contribution in [-0.4, -0.2) is 58.7 Å². The third kappa shape index (κ3) is 3.39. The highest BCUT2D eigenvalue weighted by Crippen LogP contribution is 2.41. The first kappa shape index (κ1) is 14.4. The molecule has 1 aromatic rings. The van der Waals surface area contributed by atoms with Crippen LogP contribution >= 0.6 is 11.3 Å². The molecule has 2 heterocycles. The van der Waals surface area contributed by atoms with Gasteiger partial charge in [0, 0.05) is 55.8 Å². The largest absolute Gasteiger partial charge is 0.395 e. The van der Waals surface area contributed by atoms with Crippen molar-refractivity contribution in [2.24, 2.45) is 0 Å². The van der Waals surface area contributed by atoms with Crippen molar-refractivity contribution >= 4 is 11.3 Å². The molecule has 1 unspecified atom stereocenters. The Balaban J connectivity index is 1.47. The van der Waals surface area contributed by atoms with Crippen LogP contribution in [0.1, 0.15) is 42.0 Å². The van der Waals surface area contributed by atoms with Crippen molar-refractivity contribution in [3.8, 4) is 0 Å². The molecule has 1 N–H and O–H groups in total. The van der Waals surface area contributed by atoms with Gasteiger partial charge >= 0.3 is 0 Å². The summed E-state index contributed by atoms with van der Waals surface area (Å²) >= 11 is 1.91. The molecule has 0 aromatic carbocycles. The molecule has 1 atom stereocenters. The maximum atomic E-state index is 9.38. The molecule has 2 aliphatic rings. The van der Waals surface area contributed by atoms with Crippen LogP contribution in [0, 0.1) is 0 Å². The predicted octanol–water partition coefficient (Wildman–Crippen LogP) is 1.91. The average molecular weight is 295 g/mol. The van der Waals surface area contributed by atoms with Crippen LogP contribution in [0.15, 0.2) is 6.20 Å². The van der Waals surface area contributed by atoms with Crippen LogP contribution in [0.3, 0.4) is 0 Å². The number of rotatable bonds is 6. The van der Waals surface area contributed by atoms with E-state index < -0.39 is 0 Å². The zero-order valence-corrected chi connectivity index (χ0v) is 13.1. The minimum Gasteiger partial charge on any atom is -0.395 e. The first-order chi connectivity index (χ1) is 9.80. The van der Waals surface area contributed by atoms with Gasteiger partial charge in [-0.05, 0) is 19.3 Å². The van der Waals surface area contributed by atoms with Gasteiger partial charge in [-0.1, -0.05) is 6.92 Å². The lowest BCUT2D eigenvalue weighted by atomic mass is 10.1. The lowest BCUT2D eigenvalue weighted by molar-refractivity contribution is 0.0612. The fourth-order valence-electron chi connectivity index (χ4n) is 2.92. The van der Waals surface area contributed by atoms with Crippen molar-refractivity contribution in [3.63, 3.8) is 0 Å². The zero-order chi connectivity index (χ0) is 13.9. The molecule has 1 saturated heterocycles. The third-order valence-electron chi connectivity index (χ3n) is 4.48. The lowest BCUT2D eigenvalue weighted by Gasteiger charge is -2.38. The molecule has 0 bridgehead atoms. The number of nitrogens with zero attached hydrogens (tertiary/aromatic N) is 3. The molecular weight excluding hydrogens is 270 g/mol. The van der Waals surface area contributed by atoms with Crippen molar-refractivity contribution in [1.82, 2.24) is 14.8 Å². The lowest BCUT2D eigenvalue weighted by Crippen LogP contribution is -2.50. The van der Waals surface area contributed by atoms with Gasteiger partial charge in [-0.25, -0.2) is 4.98 Å². The van der Waals surface area contributed by atoms with Crippen LogP contribution in [0.4, 0.5) is 0 Å². The topological polar surface area (TPSA) is 39.6 Å². The van der Waals surface area contributed by atoms with Gasteiger partial charge in [-0.3, -0.25) is 9.80 Å². The van der Waals surface area contributed by atoms with Crippen molar-refractivity contribution in [2.45, 2.75) is 44.7 Å². The number of hydrogen-bond acceptors (Lipinski definition) is 5. The van der Waals surface area contributed by atoms with Gasteiger partial charge < -0.3 is 5.11 Å². The zero-order valence-electron chi connectivity index (χ0n) is 12.3. The minimum absolute atomic E-state index is 0.288. The van der Waals surface area contributed by atoms with Gasteiger partial charge in [-0.2, -0.15) is 0 Å². The molecule has 1 aliphatic heterocycles. The average Bonchev–Trinajstić information content (AvgIpc) is 3.23. The van der Waals surface area contributed by atoms with Gasteiger partial charge in [-0.15, -0.1) is 11.3 Å². The molecule has 112 valence electrons. The quantitative estimate of drug-likeness (QED) is 0.870. The Kier molecular flexibility index (Phi) is 4.71. The summed E-state index contributed by atoms with van der Waals surface area (Å²) in [4.78, 5) is 10.9. The second kappa shape index (κ2) is 6.52. The van der Waals surface area contributed by atoms with Gasteiger partial charge in [0.1, 0.15) is 0 Å². The van der Waals surface area contributed by atoms with Gasteiger partial charge in [0.05, 0.1) is 11.6 Å². The summed E-state index contributed by atoms with van der Waals surface area (Å²) in [6, 6.07) is 0.349. The minimum atomic E-state index is 0.288. The summed E-state index contributed by atoms with van der Waals surface area (Å²) in [5.74, 6) is 0.778. The van der Waals surface area contributed by atoms with Gasteiger partial charge in [0.2, 0.25) is 0 Å². The van der Waals surface area contributed by atoms with E-state index in [0.717, 1.165) is 45.1 Å². The monoisotopic (exact) mass is 295 g/mol. The summed E-state index contributed by atoms with van der Waals surface area (Å²) in [6.45, 7) is 7.86. The third-order valence-corrected chi connectivity index (χ3v) is 5.63. The molecule has 1 aromatic heterocycles. The van der Waals surface area contributed by atoms with E-state index >= 15 is 0 Å². The van der Waals surface area contributed by atoms with Crippen LogP contribution in [-0.2, 0) is 6.54 Å². The summed E-state index contributed by atoms with van der Waals surface area (Å²) in [6.07, 6.45) is 5.79. The molecule has 2 fully saturated rings. The number of hydrogen-bond donors (Lipinski definition) is 1. The summed E-state index contributed by atoms with van der Waals surface area (Å²) in [7, 11) is 0. The highest BCUT2D eigenvalue weighted by atomic mass is 32.1. The Morgan fingerprint density at radius 2 is 2.10 bits per heavy atom. The Labute approximate surface area is 125 Å². The fraction of sp³-hybridized carbons (Fsp3) is 0.800. The second-order valence-electron chi connectivity index (χ2n) is 6.00. The van der Waals surface area contributed by atoms with Gasteiger partial charge in [0.25, 0.3) is 0 Å². The summed E-state index contributed by atoms with van der Waals surface area (Å²) in [5.41, 5.74) is 0. The van der Waals surface area contributed by atoms with E-state index in [1.54, 1.807) is 0 Å². The molecule has 20 heavy (non-hydrogen) atoms.